The highest BCUT2D eigenvalue weighted by Crippen LogP contribution is 2.42. The number of anilines is 1. The minimum absolute atomic E-state index is 0.0486. The second kappa shape index (κ2) is 11.0. The van der Waals surface area contributed by atoms with Gasteiger partial charge in [-0.1, -0.05) is 54.6 Å². The van der Waals surface area contributed by atoms with Gasteiger partial charge >= 0.3 is 6.09 Å². The molecule has 0 atom stereocenters. The molecule has 0 spiro atoms. The van der Waals surface area contributed by atoms with Crippen molar-refractivity contribution in [2.45, 2.75) is 62.7 Å². The van der Waals surface area contributed by atoms with Gasteiger partial charge in [0.25, 0.3) is 0 Å². The number of carbonyl (C=O) groups excluding carboxylic acids is 2. The Bertz CT molecular complexity index is 1370. The van der Waals surface area contributed by atoms with E-state index in [9.17, 15) is 14.0 Å². The van der Waals surface area contributed by atoms with E-state index in [1.807, 2.05) is 65.6 Å². The SMILES string of the molecule is N[C@]1(c2ccc(-c3cnc(NC(=O)CC4CCC(N5CCOC5=O)CC4)cc3-c3ccccc3)cc2)C[C@H](F)C1. The van der Waals surface area contributed by atoms with Gasteiger partial charge in [0, 0.05) is 42.6 Å². The first-order valence-electron chi connectivity index (χ1n) is 14.2. The molecule has 2 heterocycles. The molecule has 8 heteroatoms. The zero-order chi connectivity index (χ0) is 27.7. The van der Waals surface area contributed by atoms with Gasteiger partial charge in [0.15, 0.2) is 0 Å². The molecule has 3 aromatic rings. The molecule has 1 aliphatic heterocycles. The van der Waals surface area contributed by atoms with Crippen molar-refractivity contribution < 1.29 is 18.7 Å². The molecule has 1 saturated heterocycles. The first-order chi connectivity index (χ1) is 19.4. The van der Waals surface area contributed by atoms with Crippen molar-refractivity contribution in [2.24, 2.45) is 11.7 Å². The fourth-order valence-electron chi connectivity index (χ4n) is 6.41. The van der Waals surface area contributed by atoms with Crippen molar-refractivity contribution in [3.8, 4) is 22.3 Å². The van der Waals surface area contributed by atoms with Crippen molar-refractivity contribution in [3.63, 3.8) is 0 Å². The summed E-state index contributed by atoms with van der Waals surface area (Å²) in [4.78, 5) is 31.3. The average Bonchev–Trinajstić information content (AvgIpc) is 3.39. The number of carbonyl (C=O) groups is 2. The van der Waals surface area contributed by atoms with Gasteiger partial charge < -0.3 is 20.7 Å². The number of benzene rings is 2. The minimum Gasteiger partial charge on any atom is -0.448 e. The summed E-state index contributed by atoms with van der Waals surface area (Å²) in [6.07, 6.45) is 5.52. The van der Waals surface area contributed by atoms with Gasteiger partial charge in [-0.05, 0) is 59.9 Å². The molecule has 0 unspecified atom stereocenters. The number of nitrogens with zero attached hydrogens (tertiary/aromatic N) is 2. The summed E-state index contributed by atoms with van der Waals surface area (Å²) in [5.41, 5.74) is 10.6. The number of rotatable bonds is 7. The Kier molecular flexibility index (Phi) is 7.27. The van der Waals surface area contributed by atoms with Crippen molar-refractivity contribution in [1.29, 1.82) is 0 Å². The van der Waals surface area contributed by atoms with Crippen LogP contribution < -0.4 is 11.1 Å². The topological polar surface area (TPSA) is 97.5 Å². The second-order valence-electron chi connectivity index (χ2n) is 11.5. The molecule has 1 aromatic heterocycles. The fraction of sp³-hybridized carbons (Fsp3) is 0.406. The zero-order valence-electron chi connectivity index (χ0n) is 22.5. The largest absolute Gasteiger partial charge is 0.448 e. The van der Waals surface area contributed by atoms with Crippen molar-refractivity contribution in [2.75, 3.05) is 18.5 Å². The lowest BCUT2D eigenvalue weighted by molar-refractivity contribution is -0.117. The molecule has 0 radical (unpaired) electrons. The molecule has 3 aliphatic rings. The number of cyclic esters (lactones) is 1. The molecular weight excluding hydrogens is 507 g/mol. The maximum absolute atomic E-state index is 13.5. The molecule has 2 aliphatic carbocycles. The molecule has 0 bridgehead atoms. The minimum atomic E-state index is -0.827. The average molecular weight is 543 g/mol. The predicted octanol–water partition coefficient (Wildman–Crippen LogP) is 6.04. The maximum atomic E-state index is 13.5. The van der Waals surface area contributed by atoms with Crippen LogP contribution in [-0.4, -0.2) is 47.2 Å². The van der Waals surface area contributed by atoms with Crippen LogP contribution in [0.5, 0.6) is 0 Å². The molecule has 2 aromatic carbocycles. The summed E-state index contributed by atoms with van der Waals surface area (Å²) in [5, 5.41) is 3.01. The van der Waals surface area contributed by atoms with Gasteiger partial charge in [0.05, 0.1) is 6.54 Å². The number of aromatic nitrogens is 1. The smallest absolute Gasteiger partial charge is 0.410 e. The van der Waals surface area contributed by atoms with Gasteiger partial charge in [-0.15, -0.1) is 0 Å². The van der Waals surface area contributed by atoms with E-state index in [2.05, 4.69) is 10.3 Å². The zero-order valence-corrected chi connectivity index (χ0v) is 22.5. The summed E-state index contributed by atoms with van der Waals surface area (Å²) in [6.45, 7) is 1.13. The van der Waals surface area contributed by atoms with Gasteiger partial charge in [0.1, 0.15) is 18.6 Å². The fourth-order valence-corrected chi connectivity index (χ4v) is 6.41. The number of hydrogen-bond acceptors (Lipinski definition) is 5. The normalized spacial score (nSPS) is 26.2. The van der Waals surface area contributed by atoms with E-state index in [0.29, 0.717) is 38.2 Å². The Morgan fingerprint density at radius 2 is 1.73 bits per heavy atom. The highest BCUT2D eigenvalue weighted by molar-refractivity contribution is 5.92. The number of ether oxygens (including phenoxy) is 1. The Morgan fingerprint density at radius 1 is 1.02 bits per heavy atom. The molecule has 40 heavy (non-hydrogen) atoms. The van der Waals surface area contributed by atoms with Crippen LogP contribution in [0.2, 0.25) is 0 Å². The first-order valence-corrected chi connectivity index (χ1v) is 14.2. The summed E-state index contributed by atoms with van der Waals surface area (Å²) in [7, 11) is 0. The van der Waals surface area contributed by atoms with Crippen LogP contribution in [0.1, 0.15) is 50.5 Å². The van der Waals surface area contributed by atoms with Crippen LogP contribution in [0.3, 0.4) is 0 Å². The Balaban J connectivity index is 1.15. The molecule has 3 fully saturated rings. The third kappa shape index (κ3) is 5.45. The standard InChI is InChI=1S/C32H35FN4O3/c33-25-18-32(34,19-25)24-10-8-23(9-11-24)28-20-35-29(17-27(28)22-4-2-1-3-5-22)36-30(38)16-21-6-12-26(13-7-21)37-14-15-40-31(37)39/h1-5,8-11,17,20-21,25-26H,6-7,12-16,18-19,34H2,(H,35,36,38)/t21?,25-,26?,32+. The number of halogens is 1. The van der Waals surface area contributed by atoms with E-state index in [-0.39, 0.29) is 24.0 Å². The third-order valence-corrected chi connectivity index (χ3v) is 8.72. The second-order valence-corrected chi connectivity index (χ2v) is 11.5. The number of alkyl halides is 1. The molecule has 2 saturated carbocycles. The molecule has 7 nitrogen and oxygen atoms in total. The summed E-state index contributed by atoms with van der Waals surface area (Å²) in [5.74, 6) is 0.755. The first kappa shape index (κ1) is 26.4. The van der Waals surface area contributed by atoms with E-state index >= 15 is 0 Å². The number of amides is 2. The summed E-state index contributed by atoms with van der Waals surface area (Å²) >= 11 is 0. The number of pyridine rings is 1. The molecule has 2 amide bonds. The van der Waals surface area contributed by atoms with E-state index in [1.165, 1.54) is 0 Å². The number of nitrogens with two attached hydrogens (primary N) is 1. The monoisotopic (exact) mass is 542 g/mol. The van der Waals surface area contributed by atoms with Gasteiger partial charge in [-0.3, -0.25) is 4.79 Å². The van der Waals surface area contributed by atoms with Crippen molar-refractivity contribution >= 4 is 17.8 Å². The quantitative estimate of drug-likeness (QED) is 0.379. The molecule has 208 valence electrons. The Hall–Kier alpha value is -3.78. The van der Waals surface area contributed by atoms with Gasteiger partial charge in [-0.25, -0.2) is 14.2 Å². The summed E-state index contributed by atoms with van der Waals surface area (Å²) in [6, 6.07) is 20.1. The summed E-state index contributed by atoms with van der Waals surface area (Å²) < 4.78 is 18.6. The van der Waals surface area contributed by atoms with Crippen LogP contribution in [0.25, 0.3) is 22.3 Å². The Morgan fingerprint density at radius 3 is 2.38 bits per heavy atom. The van der Waals surface area contributed by atoms with E-state index < -0.39 is 11.7 Å². The Labute approximate surface area is 233 Å². The van der Waals surface area contributed by atoms with Crippen LogP contribution in [0, 0.1) is 5.92 Å². The molecule has 6 rings (SSSR count). The van der Waals surface area contributed by atoms with E-state index in [0.717, 1.165) is 53.5 Å². The number of hydrogen-bond donors (Lipinski definition) is 2. The van der Waals surface area contributed by atoms with Crippen molar-refractivity contribution in [3.05, 3.63) is 72.4 Å². The van der Waals surface area contributed by atoms with E-state index in [1.54, 1.807) is 6.20 Å². The lowest BCUT2D eigenvalue weighted by Gasteiger charge is -2.41. The lowest BCUT2D eigenvalue weighted by atomic mass is 9.71. The number of nitrogens with one attached hydrogen (secondary N) is 1. The van der Waals surface area contributed by atoms with Gasteiger partial charge in [0.2, 0.25) is 5.91 Å². The van der Waals surface area contributed by atoms with Crippen LogP contribution in [-0.2, 0) is 15.1 Å². The van der Waals surface area contributed by atoms with Crippen molar-refractivity contribution in [1.82, 2.24) is 9.88 Å². The lowest BCUT2D eigenvalue weighted by Crippen LogP contribution is -2.50. The van der Waals surface area contributed by atoms with Gasteiger partial charge in [-0.2, -0.15) is 0 Å². The highest BCUT2D eigenvalue weighted by Gasteiger charge is 2.42. The molecule has 3 N–H and O–H groups in total. The predicted molar refractivity (Wildman–Crippen MR) is 152 cm³/mol. The third-order valence-electron chi connectivity index (χ3n) is 8.72. The van der Waals surface area contributed by atoms with Crippen LogP contribution in [0.15, 0.2) is 66.9 Å². The maximum Gasteiger partial charge on any atom is 0.410 e. The highest BCUT2D eigenvalue weighted by atomic mass is 19.1. The van der Waals surface area contributed by atoms with Crippen LogP contribution >= 0.6 is 0 Å². The molecular formula is C32H35FN4O3. The van der Waals surface area contributed by atoms with Crippen LogP contribution in [0.4, 0.5) is 15.0 Å². The van der Waals surface area contributed by atoms with E-state index in [4.69, 9.17) is 10.5 Å².